The minimum absolute atomic E-state index is 0.160. The molecule has 0 unspecified atom stereocenters. The van der Waals surface area contributed by atoms with Crippen molar-refractivity contribution in [2.45, 2.75) is 19.8 Å². The average molecular weight is 249 g/mol. The van der Waals surface area contributed by atoms with Crippen LogP contribution in [0.5, 0.6) is 0 Å². The molecule has 0 fully saturated rings. The predicted octanol–water partition coefficient (Wildman–Crippen LogP) is 3.47. The Balaban J connectivity index is 2.15. The Morgan fingerprint density at radius 1 is 1.47 bits per heavy atom. The molecule has 17 heavy (non-hydrogen) atoms. The maximum atomic E-state index is 13.0. The lowest BCUT2D eigenvalue weighted by Gasteiger charge is -1.96. The molecule has 2 nitrogen and oxygen atoms in total. The second-order valence-electron chi connectivity index (χ2n) is 3.84. The van der Waals surface area contributed by atoms with Crippen molar-refractivity contribution < 1.29 is 9.18 Å². The zero-order valence-electron chi connectivity index (χ0n) is 9.44. The number of aromatic nitrogens is 1. The van der Waals surface area contributed by atoms with Gasteiger partial charge in [0.1, 0.15) is 11.6 Å². The maximum absolute atomic E-state index is 13.0. The quantitative estimate of drug-likeness (QED) is 0.830. The number of Topliss-reactive ketones (excluding diaryl/α,β-unsaturated/α-hetero) is 1. The number of benzene rings is 1. The molecule has 0 atom stereocenters. The molecule has 2 rings (SSSR count). The van der Waals surface area contributed by atoms with E-state index in [1.807, 2.05) is 11.4 Å². The number of thiazole rings is 1. The minimum atomic E-state index is -0.263. The van der Waals surface area contributed by atoms with Crippen LogP contribution >= 0.6 is 11.3 Å². The van der Waals surface area contributed by atoms with Crippen LogP contribution in [0, 0.1) is 5.82 Å². The van der Waals surface area contributed by atoms with Gasteiger partial charge in [-0.1, -0.05) is 12.1 Å². The van der Waals surface area contributed by atoms with E-state index in [9.17, 15) is 9.18 Å². The van der Waals surface area contributed by atoms with Crippen LogP contribution in [0.3, 0.4) is 0 Å². The van der Waals surface area contributed by atoms with E-state index in [2.05, 4.69) is 4.98 Å². The smallest absolute Gasteiger partial charge is 0.130 e. The number of carbonyl (C=O) groups is 1. The summed E-state index contributed by atoms with van der Waals surface area (Å²) < 4.78 is 13.0. The number of aryl methyl sites for hydroxylation is 1. The maximum Gasteiger partial charge on any atom is 0.130 e. The van der Waals surface area contributed by atoms with Gasteiger partial charge in [0, 0.05) is 23.8 Å². The van der Waals surface area contributed by atoms with Gasteiger partial charge in [-0.25, -0.2) is 9.37 Å². The van der Waals surface area contributed by atoms with Crippen molar-refractivity contribution >= 4 is 17.1 Å². The first-order valence-electron chi connectivity index (χ1n) is 5.35. The zero-order chi connectivity index (χ0) is 12.3. The molecular weight excluding hydrogens is 237 g/mol. The van der Waals surface area contributed by atoms with Crippen molar-refractivity contribution in [3.05, 3.63) is 40.5 Å². The van der Waals surface area contributed by atoms with Crippen LogP contribution in [-0.2, 0) is 11.2 Å². The molecule has 0 amide bonds. The third-order valence-electron chi connectivity index (χ3n) is 2.36. The van der Waals surface area contributed by atoms with E-state index < -0.39 is 0 Å². The Morgan fingerprint density at radius 3 is 3.00 bits per heavy atom. The van der Waals surface area contributed by atoms with Crippen molar-refractivity contribution in [2.24, 2.45) is 0 Å². The molecule has 4 heteroatoms. The number of carbonyl (C=O) groups excluding carboxylic acids is 1. The van der Waals surface area contributed by atoms with Crippen LogP contribution < -0.4 is 0 Å². The minimum Gasteiger partial charge on any atom is -0.300 e. The number of ketones is 1. The van der Waals surface area contributed by atoms with Gasteiger partial charge in [-0.15, -0.1) is 11.3 Å². The molecule has 0 aliphatic carbocycles. The van der Waals surface area contributed by atoms with Gasteiger partial charge in [0.05, 0.1) is 10.7 Å². The Hall–Kier alpha value is -1.55. The number of rotatable bonds is 4. The van der Waals surface area contributed by atoms with Crippen LogP contribution in [0.15, 0.2) is 29.6 Å². The lowest BCUT2D eigenvalue weighted by atomic mass is 10.2. The monoisotopic (exact) mass is 249 g/mol. The van der Waals surface area contributed by atoms with Crippen LogP contribution in [0.4, 0.5) is 4.39 Å². The summed E-state index contributed by atoms with van der Waals surface area (Å²) in [5, 5.41) is 2.81. The van der Waals surface area contributed by atoms with Crippen molar-refractivity contribution in [2.75, 3.05) is 0 Å². The predicted molar refractivity (Wildman–Crippen MR) is 66.5 cm³/mol. The molecule has 0 radical (unpaired) electrons. The molecule has 0 bridgehead atoms. The molecule has 1 heterocycles. The summed E-state index contributed by atoms with van der Waals surface area (Å²) in [5.74, 6) is -0.103. The lowest BCUT2D eigenvalue weighted by molar-refractivity contribution is -0.116. The van der Waals surface area contributed by atoms with Gasteiger partial charge >= 0.3 is 0 Å². The van der Waals surface area contributed by atoms with Gasteiger partial charge in [-0.2, -0.15) is 0 Å². The van der Waals surface area contributed by atoms with Gasteiger partial charge in [0.25, 0.3) is 0 Å². The van der Waals surface area contributed by atoms with E-state index in [0.717, 1.165) is 16.3 Å². The number of hydrogen-bond acceptors (Lipinski definition) is 3. The van der Waals surface area contributed by atoms with E-state index in [1.165, 1.54) is 23.5 Å². The van der Waals surface area contributed by atoms with E-state index in [0.29, 0.717) is 12.8 Å². The SMILES string of the molecule is CC(=O)CCc1nc(-c2cccc(F)c2)cs1. The Kier molecular flexibility index (Phi) is 3.64. The Bertz CT molecular complexity index is 536. The van der Waals surface area contributed by atoms with E-state index in [4.69, 9.17) is 0 Å². The van der Waals surface area contributed by atoms with Crippen molar-refractivity contribution in [1.82, 2.24) is 4.98 Å². The average Bonchev–Trinajstić information content (AvgIpc) is 2.75. The summed E-state index contributed by atoms with van der Waals surface area (Å²) in [6.45, 7) is 1.57. The first-order chi connectivity index (χ1) is 8.15. The Labute approximate surface area is 103 Å². The van der Waals surface area contributed by atoms with Gasteiger partial charge in [-0.05, 0) is 19.1 Å². The summed E-state index contributed by atoms with van der Waals surface area (Å²) in [6, 6.07) is 6.36. The fraction of sp³-hybridized carbons (Fsp3) is 0.231. The summed E-state index contributed by atoms with van der Waals surface area (Å²) in [6.07, 6.45) is 1.17. The van der Waals surface area contributed by atoms with Crippen molar-refractivity contribution in [3.8, 4) is 11.3 Å². The van der Waals surface area contributed by atoms with Crippen molar-refractivity contribution in [1.29, 1.82) is 0 Å². The molecule has 1 aromatic heterocycles. The first kappa shape index (κ1) is 11.9. The van der Waals surface area contributed by atoms with Gasteiger partial charge in [-0.3, -0.25) is 0 Å². The fourth-order valence-electron chi connectivity index (χ4n) is 1.49. The number of halogens is 1. The van der Waals surface area contributed by atoms with Crippen LogP contribution in [-0.4, -0.2) is 10.8 Å². The fourth-order valence-corrected chi connectivity index (χ4v) is 2.30. The third kappa shape index (κ3) is 3.20. The molecule has 0 spiro atoms. The highest BCUT2D eigenvalue weighted by atomic mass is 32.1. The molecule has 0 N–H and O–H groups in total. The summed E-state index contributed by atoms with van der Waals surface area (Å²) >= 11 is 1.51. The summed E-state index contributed by atoms with van der Waals surface area (Å²) in [4.78, 5) is 15.3. The lowest BCUT2D eigenvalue weighted by Crippen LogP contribution is -1.93. The second kappa shape index (κ2) is 5.19. The van der Waals surface area contributed by atoms with Crippen LogP contribution in [0.1, 0.15) is 18.4 Å². The molecule has 88 valence electrons. The number of nitrogens with zero attached hydrogens (tertiary/aromatic N) is 1. The van der Waals surface area contributed by atoms with Gasteiger partial charge < -0.3 is 4.79 Å². The van der Waals surface area contributed by atoms with Crippen LogP contribution in [0.2, 0.25) is 0 Å². The molecule has 0 aliphatic rings. The molecular formula is C13H12FNOS. The van der Waals surface area contributed by atoms with Gasteiger partial charge in [0.2, 0.25) is 0 Å². The summed E-state index contributed by atoms with van der Waals surface area (Å²) in [7, 11) is 0. The van der Waals surface area contributed by atoms with E-state index >= 15 is 0 Å². The normalized spacial score (nSPS) is 10.5. The molecule has 2 aromatic rings. The highest BCUT2D eigenvalue weighted by Gasteiger charge is 2.06. The standard InChI is InChI=1S/C13H12FNOS/c1-9(16)5-6-13-15-12(8-17-13)10-3-2-4-11(14)7-10/h2-4,7-8H,5-6H2,1H3. The summed E-state index contributed by atoms with van der Waals surface area (Å²) in [5.41, 5.74) is 1.54. The molecule has 0 aliphatic heterocycles. The Morgan fingerprint density at radius 2 is 2.29 bits per heavy atom. The van der Waals surface area contributed by atoms with Crippen LogP contribution in [0.25, 0.3) is 11.3 Å². The second-order valence-corrected chi connectivity index (χ2v) is 4.78. The van der Waals surface area contributed by atoms with E-state index in [-0.39, 0.29) is 11.6 Å². The zero-order valence-corrected chi connectivity index (χ0v) is 10.3. The molecule has 0 saturated carbocycles. The first-order valence-corrected chi connectivity index (χ1v) is 6.23. The van der Waals surface area contributed by atoms with Crippen molar-refractivity contribution in [3.63, 3.8) is 0 Å². The largest absolute Gasteiger partial charge is 0.300 e. The molecule has 1 aromatic carbocycles. The molecule has 0 saturated heterocycles. The number of hydrogen-bond donors (Lipinski definition) is 0. The highest BCUT2D eigenvalue weighted by Crippen LogP contribution is 2.23. The topological polar surface area (TPSA) is 30.0 Å². The van der Waals surface area contributed by atoms with E-state index in [1.54, 1.807) is 13.0 Å². The third-order valence-corrected chi connectivity index (χ3v) is 3.27. The van der Waals surface area contributed by atoms with Gasteiger partial charge in [0.15, 0.2) is 0 Å². The highest BCUT2D eigenvalue weighted by molar-refractivity contribution is 7.09.